The average Bonchev–Trinajstić information content (AvgIpc) is 3.16. The lowest BCUT2D eigenvalue weighted by molar-refractivity contribution is 0.192. The SMILES string of the molecule is CCCC=C[Si]12C[Si]3(/C=C\CCC)O[Si]4(/C=C\CCC)C[Si]5(/C=C\CCC)O[Si](/C=C/CCC)(C[Si](/C=C/CCC)(O1)O[Si](/C=C/CCC)(C[Si](/C=C/CCC)(O2)O4)O5)O3. The van der Waals surface area contributed by atoms with E-state index in [1.807, 2.05) is 0 Å². The van der Waals surface area contributed by atoms with E-state index in [9.17, 15) is 0 Å². The fourth-order valence-corrected chi connectivity index (χ4v) is 70.3. The summed E-state index contributed by atoms with van der Waals surface area (Å²) in [6.45, 7) is 17.9. The summed E-state index contributed by atoms with van der Waals surface area (Å²) < 4.78 is 65.5. The summed E-state index contributed by atoms with van der Waals surface area (Å²) >= 11 is 0. The summed E-state index contributed by atoms with van der Waals surface area (Å²) in [5, 5.41) is 0. The maximum atomic E-state index is 8.21. The van der Waals surface area contributed by atoms with Crippen molar-refractivity contribution in [2.75, 3.05) is 0 Å². The first-order chi connectivity index (χ1) is 29.0. The van der Waals surface area contributed by atoms with Crippen molar-refractivity contribution in [2.24, 2.45) is 0 Å². The second kappa shape index (κ2) is 23.0. The molecule has 0 aromatic carbocycles. The van der Waals surface area contributed by atoms with Crippen LogP contribution in [0.2, 0.25) is 22.7 Å². The Hall–Kier alpha value is -0.665. The van der Waals surface area contributed by atoms with Gasteiger partial charge in [0.25, 0.3) is 0 Å². The van der Waals surface area contributed by atoms with Gasteiger partial charge in [-0.2, -0.15) is 0 Å². The third-order valence-electron chi connectivity index (χ3n) is 11.4. The Bertz CT molecular complexity index is 1190. The van der Waals surface area contributed by atoms with Crippen molar-refractivity contribution in [2.45, 2.75) is 181 Å². The molecule has 6 saturated heterocycles. The molecule has 0 amide bonds. The van der Waals surface area contributed by atoms with Gasteiger partial charge in [-0.15, -0.1) is 0 Å². The third kappa shape index (κ3) is 12.8. The molecule has 60 heavy (non-hydrogen) atoms. The van der Waals surface area contributed by atoms with E-state index in [2.05, 4.69) is 150 Å². The van der Waals surface area contributed by atoms with E-state index in [0.717, 1.165) is 103 Å². The molecule has 0 aromatic rings. The van der Waals surface area contributed by atoms with Crippen LogP contribution in [0.25, 0.3) is 0 Å². The fraction of sp³-hybridized carbons (Fsp3) is 0.636. The van der Waals surface area contributed by atoms with Crippen LogP contribution in [0, 0.1) is 0 Å². The van der Waals surface area contributed by atoms with Crippen molar-refractivity contribution in [3.63, 3.8) is 0 Å². The molecule has 0 aliphatic carbocycles. The first-order valence-electron chi connectivity index (χ1n) is 24.0. The Morgan fingerprint density at radius 1 is 0.233 bits per heavy atom. The van der Waals surface area contributed by atoms with Gasteiger partial charge in [0.15, 0.2) is 0 Å². The predicted octanol–water partition coefficient (Wildman–Crippen LogP) is 13.0. The molecule has 0 radical (unpaired) electrons. The lowest BCUT2D eigenvalue weighted by Gasteiger charge is -2.63. The van der Waals surface area contributed by atoms with E-state index in [1.54, 1.807) is 0 Å². The molecule has 8 atom stereocenters. The predicted molar refractivity (Wildman–Crippen MR) is 266 cm³/mol. The number of hydrogen-bond donors (Lipinski definition) is 0. The van der Waals surface area contributed by atoms with Gasteiger partial charge in [-0.3, -0.25) is 0 Å². The van der Waals surface area contributed by atoms with E-state index in [1.165, 1.54) is 0 Å². The zero-order chi connectivity index (χ0) is 43.1. The maximum absolute atomic E-state index is 8.21. The second-order valence-corrected chi connectivity index (χ2v) is 45.4. The quantitative estimate of drug-likeness (QED) is 0.0886. The molecule has 6 heterocycles. The largest absolute Gasteiger partial charge is 0.409 e. The summed E-state index contributed by atoms with van der Waals surface area (Å²) in [6, 6.07) is 0. The minimum absolute atomic E-state index is 0.581. The van der Waals surface area contributed by atoms with E-state index in [0.29, 0.717) is 22.7 Å². The highest BCUT2D eigenvalue weighted by Gasteiger charge is 2.77. The van der Waals surface area contributed by atoms with Crippen LogP contribution in [-0.4, -0.2) is 68.5 Å². The van der Waals surface area contributed by atoms with Crippen LogP contribution in [-0.2, 0) is 32.9 Å². The Labute approximate surface area is 374 Å². The van der Waals surface area contributed by atoms with Crippen molar-refractivity contribution in [1.29, 1.82) is 0 Å². The summed E-state index contributed by atoms with van der Waals surface area (Å²) in [4.78, 5) is 0. The molecule has 6 aliphatic rings. The smallest absolute Gasteiger partial charge is 0.349 e. The lowest BCUT2D eigenvalue weighted by atomic mass is 10.3. The highest BCUT2D eigenvalue weighted by molar-refractivity contribution is 7.17. The van der Waals surface area contributed by atoms with Gasteiger partial charge in [0, 0.05) is 22.7 Å². The number of allylic oxidation sites excluding steroid dienone is 8. The standard InChI is InChI=1S/C44H80O8Si8/c1-9-17-25-33-53-41-54(34-26-18-10-2)46-57(37-29-21-13-5)42-55(45-53,35-27-19-11-3)51-58(38-30-22-14-6)43-56(49-53,36-28-20-12-4)47-59(50-54,39-31-23-15-7)44-60(48-58,52-57)40-32-24-16-8/h25-40H,9-24,41-44H2,1-8H3/b33-25-,34-26-,35-27+,36-28-,37-29+,38-30?,39-31+,40-32+. The van der Waals surface area contributed by atoms with Crippen molar-refractivity contribution < 1.29 is 32.9 Å². The number of rotatable bonds is 24. The number of hydrogen-bond acceptors (Lipinski definition) is 8. The van der Waals surface area contributed by atoms with Crippen LogP contribution >= 0.6 is 0 Å². The highest BCUT2D eigenvalue weighted by atomic mass is 28.6. The highest BCUT2D eigenvalue weighted by Crippen LogP contribution is 2.55. The van der Waals surface area contributed by atoms with Crippen LogP contribution in [0.4, 0.5) is 0 Å². The Kier molecular flexibility index (Phi) is 19.3. The molecule has 8 unspecified atom stereocenters. The molecule has 0 spiro atoms. The molecule has 0 aromatic heterocycles. The third-order valence-corrected chi connectivity index (χ3v) is 55.2. The monoisotopic (exact) mass is 960 g/mol. The minimum Gasteiger partial charge on any atom is -0.409 e. The van der Waals surface area contributed by atoms with Crippen LogP contribution in [0.1, 0.15) is 158 Å². The zero-order valence-corrected chi connectivity index (χ0v) is 46.6. The molecular formula is C44H80O8Si8. The molecule has 6 fully saturated rings. The average molecular weight is 962 g/mol. The van der Waals surface area contributed by atoms with Crippen molar-refractivity contribution >= 4 is 68.5 Å². The van der Waals surface area contributed by atoms with Gasteiger partial charge in [-0.25, -0.2) is 0 Å². The van der Waals surface area contributed by atoms with Crippen LogP contribution < -0.4 is 0 Å². The van der Waals surface area contributed by atoms with Crippen LogP contribution in [0.15, 0.2) is 94.2 Å². The Morgan fingerprint density at radius 2 is 0.350 bits per heavy atom. The van der Waals surface area contributed by atoms with E-state index < -0.39 is 68.5 Å². The second-order valence-electron chi connectivity index (χ2n) is 17.5. The van der Waals surface area contributed by atoms with Crippen molar-refractivity contribution in [3.05, 3.63) is 94.2 Å². The van der Waals surface area contributed by atoms with Crippen LogP contribution in [0.5, 0.6) is 0 Å². The van der Waals surface area contributed by atoms with Gasteiger partial charge in [-0.1, -0.05) is 155 Å². The Morgan fingerprint density at radius 3 is 0.450 bits per heavy atom. The first kappa shape index (κ1) is 50.3. The Balaban J connectivity index is 2.01. The maximum Gasteiger partial charge on any atom is 0.349 e. The molecule has 6 aliphatic heterocycles. The van der Waals surface area contributed by atoms with Gasteiger partial charge in [0.2, 0.25) is 0 Å². The molecule has 0 N–H and O–H groups in total. The first-order valence-corrected chi connectivity index (χ1v) is 40.8. The van der Waals surface area contributed by atoms with Crippen molar-refractivity contribution in [1.82, 2.24) is 0 Å². The normalized spacial score (nSPS) is 38.3. The van der Waals surface area contributed by atoms with Gasteiger partial charge < -0.3 is 32.9 Å². The molecule has 8 nitrogen and oxygen atoms in total. The molecule has 6 rings (SSSR count). The molecule has 16 heteroatoms. The van der Waals surface area contributed by atoms with Gasteiger partial charge in [0.05, 0.1) is 0 Å². The van der Waals surface area contributed by atoms with Gasteiger partial charge in [-0.05, 0) is 97.0 Å². The van der Waals surface area contributed by atoms with Gasteiger partial charge >= 0.3 is 68.5 Å². The van der Waals surface area contributed by atoms with E-state index in [4.69, 9.17) is 32.9 Å². The fourth-order valence-electron chi connectivity index (χ4n) is 8.91. The zero-order valence-electron chi connectivity index (χ0n) is 38.6. The van der Waals surface area contributed by atoms with E-state index >= 15 is 0 Å². The van der Waals surface area contributed by atoms with E-state index in [-0.39, 0.29) is 0 Å². The summed E-state index contributed by atoms with van der Waals surface area (Å²) in [5.74, 6) is 0. The molecular weight excluding hydrogens is 881 g/mol. The minimum atomic E-state index is -3.42. The summed E-state index contributed by atoms with van der Waals surface area (Å²) in [6.07, 6.45) is 34.3. The molecule has 0 saturated carbocycles. The van der Waals surface area contributed by atoms with Crippen molar-refractivity contribution in [3.8, 4) is 0 Å². The topological polar surface area (TPSA) is 73.8 Å². The summed E-state index contributed by atoms with van der Waals surface area (Å²) in [7, 11) is -27.3. The van der Waals surface area contributed by atoms with Crippen LogP contribution in [0.3, 0.4) is 0 Å². The lowest BCUT2D eigenvalue weighted by Crippen LogP contribution is -2.84. The summed E-state index contributed by atoms with van der Waals surface area (Å²) in [5.41, 5.74) is 21.2. The van der Waals surface area contributed by atoms with Gasteiger partial charge in [0.1, 0.15) is 0 Å². The molecule has 336 valence electrons. The number of unbranched alkanes of at least 4 members (excludes halogenated alkanes) is 8. The molecule has 8 bridgehead atoms.